The van der Waals surface area contributed by atoms with E-state index in [9.17, 15) is 10.1 Å². The Morgan fingerprint density at radius 2 is 1.97 bits per heavy atom. The van der Waals surface area contributed by atoms with E-state index in [1.54, 1.807) is 17.4 Å². The molecule has 0 bridgehead atoms. The number of fused-ring (bicyclic) bond motifs is 1. The first-order valence-electron chi connectivity index (χ1n) is 11.9. The zero-order valence-corrected chi connectivity index (χ0v) is 20.3. The summed E-state index contributed by atoms with van der Waals surface area (Å²) in [5, 5.41) is 13.7. The monoisotopic (exact) mass is 472 g/mol. The Morgan fingerprint density at radius 3 is 2.74 bits per heavy atom. The van der Waals surface area contributed by atoms with Crippen LogP contribution < -0.4 is 10.1 Å². The van der Waals surface area contributed by atoms with Crippen molar-refractivity contribution in [3.05, 3.63) is 59.3 Å². The van der Waals surface area contributed by atoms with E-state index in [4.69, 9.17) is 9.72 Å². The van der Waals surface area contributed by atoms with Gasteiger partial charge in [-0.25, -0.2) is 9.78 Å². The van der Waals surface area contributed by atoms with Gasteiger partial charge < -0.3 is 15.0 Å². The summed E-state index contributed by atoms with van der Waals surface area (Å²) in [6.07, 6.45) is 5.88. The number of carbonyl (C=O) groups is 1. The molecule has 1 unspecified atom stereocenters. The van der Waals surface area contributed by atoms with Crippen molar-refractivity contribution in [1.82, 2.24) is 15.2 Å². The fourth-order valence-corrected chi connectivity index (χ4v) is 5.87. The molecule has 2 amide bonds. The minimum atomic E-state index is -0.0437. The van der Waals surface area contributed by atoms with Gasteiger partial charge in [0.2, 0.25) is 0 Å². The summed E-state index contributed by atoms with van der Waals surface area (Å²) in [6.45, 7) is 5.62. The number of ether oxygens (including phenoxy) is 1. The highest BCUT2D eigenvalue weighted by atomic mass is 32.1. The minimum Gasteiger partial charge on any atom is -0.489 e. The molecule has 6 nitrogen and oxygen atoms in total. The van der Waals surface area contributed by atoms with Gasteiger partial charge >= 0.3 is 6.03 Å². The lowest BCUT2D eigenvalue weighted by Gasteiger charge is -2.21. The molecule has 0 saturated carbocycles. The number of urea groups is 1. The van der Waals surface area contributed by atoms with Crippen LogP contribution >= 0.6 is 11.3 Å². The van der Waals surface area contributed by atoms with Crippen molar-refractivity contribution in [2.45, 2.75) is 51.7 Å². The van der Waals surface area contributed by atoms with Crippen LogP contribution in [-0.4, -0.2) is 35.1 Å². The maximum Gasteiger partial charge on any atom is 0.317 e. The van der Waals surface area contributed by atoms with Gasteiger partial charge in [0.1, 0.15) is 16.8 Å². The number of carbonyl (C=O) groups excluding carboxylic acids is 1. The molecule has 5 rings (SSSR count). The Balaban J connectivity index is 1.44. The van der Waals surface area contributed by atoms with Crippen LogP contribution in [0, 0.1) is 11.3 Å². The van der Waals surface area contributed by atoms with Crippen molar-refractivity contribution in [2.75, 3.05) is 13.1 Å². The lowest BCUT2D eigenvalue weighted by molar-refractivity contribution is 0.204. The van der Waals surface area contributed by atoms with E-state index < -0.39 is 0 Å². The van der Waals surface area contributed by atoms with Gasteiger partial charge in [-0.2, -0.15) is 5.26 Å². The smallest absolute Gasteiger partial charge is 0.317 e. The molecular formula is C27H28N4O2S. The van der Waals surface area contributed by atoms with E-state index in [1.165, 1.54) is 16.7 Å². The average molecular weight is 473 g/mol. The molecule has 2 aliphatic rings. The Hall–Kier alpha value is -3.37. The molecule has 1 aliphatic carbocycles. The summed E-state index contributed by atoms with van der Waals surface area (Å²) in [5.74, 6) is 0.587. The van der Waals surface area contributed by atoms with Crippen molar-refractivity contribution in [3.8, 4) is 32.8 Å². The molecule has 1 saturated heterocycles. The summed E-state index contributed by atoms with van der Waals surface area (Å²) in [4.78, 5) is 20.4. The van der Waals surface area contributed by atoms with Crippen molar-refractivity contribution < 1.29 is 9.53 Å². The number of hydrogen-bond acceptors (Lipinski definition) is 5. The molecular weight excluding hydrogens is 444 g/mol. The third-order valence-electron chi connectivity index (χ3n) is 6.45. The Morgan fingerprint density at radius 1 is 1.21 bits per heavy atom. The van der Waals surface area contributed by atoms with Crippen LogP contribution in [0.25, 0.3) is 21.0 Å². The zero-order valence-electron chi connectivity index (χ0n) is 19.5. The highest BCUT2D eigenvalue weighted by Gasteiger charge is 2.29. The number of nitrogens with zero attached hydrogens (tertiary/aromatic N) is 3. The molecule has 0 radical (unpaired) electrons. The molecule has 1 aromatic heterocycles. The molecule has 1 aliphatic heterocycles. The molecule has 2 aromatic carbocycles. The van der Waals surface area contributed by atoms with Crippen LogP contribution in [0.3, 0.4) is 0 Å². The number of amides is 2. The number of likely N-dealkylation sites (tertiary alicyclic amines) is 1. The van der Waals surface area contributed by atoms with Gasteiger partial charge in [0.05, 0.1) is 28.1 Å². The second-order valence-corrected chi connectivity index (χ2v) is 10.1. The van der Waals surface area contributed by atoms with E-state index in [0.29, 0.717) is 11.3 Å². The van der Waals surface area contributed by atoms with Gasteiger partial charge in [0, 0.05) is 19.3 Å². The fraction of sp³-hybridized carbons (Fsp3) is 0.370. The Bertz CT molecular complexity index is 1250. The second kappa shape index (κ2) is 9.47. The van der Waals surface area contributed by atoms with Gasteiger partial charge in [-0.3, -0.25) is 0 Å². The number of para-hydroxylation sites is 1. The van der Waals surface area contributed by atoms with Crippen LogP contribution in [-0.2, 0) is 6.42 Å². The zero-order chi connectivity index (χ0) is 23.7. The predicted octanol–water partition coefficient (Wildman–Crippen LogP) is 5.93. The third kappa shape index (κ3) is 4.26. The van der Waals surface area contributed by atoms with Gasteiger partial charge in [-0.05, 0) is 68.4 Å². The van der Waals surface area contributed by atoms with E-state index in [2.05, 4.69) is 29.6 Å². The highest BCUT2D eigenvalue weighted by molar-refractivity contribution is 7.18. The molecule has 7 heteroatoms. The van der Waals surface area contributed by atoms with Gasteiger partial charge in [-0.15, -0.1) is 11.3 Å². The molecule has 2 heterocycles. The van der Waals surface area contributed by atoms with E-state index in [-0.39, 0.29) is 18.2 Å². The fourth-order valence-electron chi connectivity index (χ4n) is 4.87. The summed E-state index contributed by atoms with van der Waals surface area (Å²) < 4.78 is 6.00. The number of thiazole rings is 1. The molecule has 1 N–H and O–H groups in total. The normalized spacial score (nSPS) is 17.0. The highest BCUT2D eigenvalue weighted by Crippen LogP contribution is 2.43. The van der Waals surface area contributed by atoms with Crippen LogP contribution in [0.2, 0.25) is 0 Å². The number of aromatic nitrogens is 1. The van der Waals surface area contributed by atoms with E-state index in [1.807, 2.05) is 37.1 Å². The molecule has 34 heavy (non-hydrogen) atoms. The van der Waals surface area contributed by atoms with Crippen molar-refractivity contribution in [3.63, 3.8) is 0 Å². The van der Waals surface area contributed by atoms with Gasteiger partial charge in [0.25, 0.3) is 0 Å². The van der Waals surface area contributed by atoms with E-state index in [0.717, 1.165) is 54.2 Å². The van der Waals surface area contributed by atoms with Crippen molar-refractivity contribution in [1.29, 1.82) is 5.26 Å². The largest absolute Gasteiger partial charge is 0.489 e. The summed E-state index contributed by atoms with van der Waals surface area (Å²) in [6, 6.07) is 14.3. The van der Waals surface area contributed by atoms with Crippen LogP contribution in [0.4, 0.5) is 4.79 Å². The first kappa shape index (κ1) is 22.4. The maximum absolute atomic E-state index is 12.7. The first-order valence-corrected chi connectivity index (χ1v) is 12.7. The second-order valence-electron chi connectivity index (χ2n) is 9.10. The summed E-state index contributed by atoms with van der Waals surface area (Å²) in [5.41, 5.74) is 5.01. The number of hydrogen-bond donors (Lipinski definition) is 1. The Kier molecular flexibility index (Phi) is 6.25. The lowest BCUT2D eigenvalue weighted by atomic mass is 10.0. The van der Waals surface area contributed by atoms with Gasteiger partial charge in [-0.1, -0.05) is 24.3 Å². The van der Waals surface area contributed by atoms with Crippen LogP contribution in [0.5, 0.6) is 5.75 Å². The SMILES string of the molecule is CC(C)Oc1c(C#N)cccc1-c1ncc(-c2cccc3c2CCC3NC(=O)N2CCCC2)s1. The van der Waals surface area contributed by atoms with E-state index >= 15 is 0 Å². The standard InChI is InChI=1S/C27H28N4O2S/c1-17(2)33-25-18(15-28)7-5-10-22(25)26-29-16-24(34-26)21-9-6-8-20-19(21)11-12-23(20)30-27(32)31-13-3-4-14-31/h5-10,16-17,23H,3-4,11-14H2,1-2H3,(H,30,32). The van der Waals surface area contributed by atoms with Crippen LogP contribution in [0.15, 0.2) is 42.6 Å². The summed E-state index contributed by atoms with van der Waals surface area (Å²) in [7, 11) is 0. The third-order valence-corrected chi connectivity index (χ3v) is 7.52. The molecule has 3 aromatic rings. The van der Waals surface area contributed by atoms with Crippen LogP contribution in [0.1, 0.15) is 55.8 Å². The predicted molar refractivity (Wildman–Crippen MR) is 134 cm³/mol. The lowest BCUT2D eigenvalue weighted by Crippen LogP contribution is -2.39. The number of rotatable bonds is 5. The molecule has 0 spiro atoms. The number of benzene rings is 2. The number of nitriles is 1. The topological polar surface area (TPSA) is 78.2 Å². The first-order chi connectivity index (χ1) is 16.5. The molecule has 1 atom stereocenters. The minimum absolute atomic E-state index is 0.0437. The number of nitrogens with one attached hydrogen (secondary N) is 1. The van der Waals surface area contributed by atoms with Crippen molar-refractivity contribution in [2.24, 2.45) is 0 Å². The van der Waals surface area contributed by atoms with Gasteiger partial charge in [0.15, 0.2) is 0 Å². The maximum atomic E-state index is 12.7. The Labute approximate surface area is 204 Å². The molecule has 174 valence electrons. The average Bonchev–Trinajstić information content (AvgIpc) is 3.60. The molecule has 1 fully saturated rings. The van der Waals surface area contributed by atoms with Crippen molar-refractivity contribution >= 4 is 17.4 Å². The quantitative estimate of drug-likeness (QED) is 0.499. The summed E-state index contributed by atoms with van der Waals surface area (Å²) >= 11 is 1.60.